The Labute approximate surface area is 138 Å². The fraction of sp³-hybridized carbons (Fsp3) is 0.556. The van der Waals surface area contributed by atoms with Gasteiger partial charge in [-0.1, -0.05) is 26.7 Å². The monoisotopic (exact) mass is 318 g/mol. The number of methoxy groups -OCH3 is 1. The van der Waals surface area contributed by atoms with E-state index in [-0.39, 0.29) is 5.91 Å². The van der Waals surface area contributed by atoms with E-state index in [4.69, 9.17) is 0 Å². The molecule has 5 heteroatoms. The first-order valence-corrected chi connectivity index (χ1v) is 8.33. The molecule has 1 aliphatic rings. The summed E-state index contributed by atoms with van der Waals surface area (Å²) in [5, 5.41) is 2.58. The van der Waals surface area contributed by atoms with Gasteiger partial charge in [-0.2, -0.15) is 0 Å². The van der Waals surface area contributed by atoms with Crippen molar-refractivity contribution in [3.63, 3.8) is 0 Å². The molecule has 1 heterocycles. The van der Waals surface area contributed by atoms with Gasteiger partial charge in [-0.05, 0) is 42.5 Å². The summed E-state index contributed by atoms with van der Waals surface area (Å²) in [5.41, 5.74) is 1.27. The Hall–Kier alpha value is -2.04. The number of ether oxygens (including phenoxy) is 1. The number of hydrogen-bond donors (Lipinski definition) is 1. The number of amides is 2. The van der Waals surface area contributed by atoms with Gasteiger partial charge in [-0.3, -0.25) is 10.1 Å². The van der Waals surface area contributed by atoms with Crippen molar-refractivity contribution < 1.29 is 14.3 Å². The quantitative estimate of drug-likeness (QED) is 0.919. The number of anilines is 1. The highest BCUT2D eigenvalue weighted by Crippen LogP contribution is 2.29. The Morgan fingerprint density at radius 2 is 1.83 bits per heavy atom. The third kappa shape index (κ3) is 4.24. The van der Waals surface area contributed by atoms with Crippen LogP contribution in [0.25, 0.3) is 0 Å². The minimum absolute atomic E-state index is 0.0719. The number of nitrogens with zero attached hydrogens (tertiary/aromatic N) is 1. The number of likely N-dealkylation sites (tertiary alicyclic amines) is 1. The standard InChI is InChI=1S/C18H26N2O3/c1-4-13-10-11-20(12-14(13)5-2)17(21)15-6-8-16(9-7-15)19-18(22)23-3/h6-9,13-14H,4-5,10-12H2,1-3H3,(H,19,22). The van der Waals surface area contributed by atoms with E-state index in [1.807, 2.05) is 4.90 Å². The Kier molecular flexibility index (Phi) is 6.02. The zero-order valence-electron chi connectivity index (χ0n) is 14.2. The van der Waals surface area contributed by atoms with E-state index >= 15 is 0 Å². The summed E-state index contributed by atoms with van der Waals surface area (Å²) in [6.45, 7) is 6.11. The predicted molar refractivity (Wildman–Crippen MR) is 90.6 cm³/mol. The zero-order chi connectivity index (χ0) is 16.8. The van der Waals surface area contributed by atoms with Crippen LogP contribution in [0.5, 0.6) is 0 Å². The van der Waals surface area contributed by atoms with Crippen LogP contribution in [0.2, 0.25) is 0 Å². The molecule has 0 aromatic heterocycles. The third-order valence-electron chi connectivity index (χ3n) is 4.79. The summed E-state index contributed by atoms with van der Waals surface area (Å²) in [7, 11) is 1.32. The van der Waals surface area contributed by atoms with Gasteiger partial charge in [-0.15, -0.1) is 0 Å². The molecule has 0 radical (unpaired) electrons. The van der Waals surface area contributed by atoms with Crippen molar-refractivity contribution in [3.8, 4) is 0 Å². The number of benzene rings is 1. The van der Waals surface area contributed by atoms with Crippen LogP contribution in [0, 0.1) is 11.8 Å². The molecular formula is C18H26N2O3. The van der Waals surface area contributed by atoms with Gasteiger partial charge in [0, 0.05) is 24.3 Å². The van der Waals surface area contributed by atoms with Crippen molar-refractivity contribution in [1.29, 1.82) is 0 Å². The summed E-state index contributed by atoms with van der Waals surface area (Å²) in [4.78, 5) is 25.8. The lowest BCUT2D eigenvalue weighted by Crippen LogP contribution is -2.43. The molecule has 2 atom stereocenters. The van der Waals surface area contributed by atoms with E-state index in [1.165, 1.54) is 13.5 Å². The first-order chi connectivity index (χ1) is 11.1. The van der Waals surface area contributed by atoms with E-state index in [2.05, 4.69) is 23.9 Å². The predicted octanol–water partition coefficient (Wildman–Crippen LogP) is 3.76. The molecular weight excluding hydrogens is 292 g/mol. The summed E-state index contributed by atoms with van der Waals surface area (Å²) >= 11 is 0. The largest absolute Gasteiger partial charge is 0.453 e. The molecule has 1 aromatic carbocycles. The topological polar surface area (TPSA) is 58.6 Å². The minimum atomic E-state index is -0.517. The van der Waals surface area contributed by atoms with Crippen molar-refractivity contribution in [2.45, 2.75) is 33.1 Å². The van der Waals surface area contributed by atoms with Crippen LogP contribution >= 0.6 is 0 Å². The molecule has 0 spiro atoms. The van der Waals surface area contributed by atoms with Gasteiger partial charge in [0.2, 0.25) is 0 Å². The SMILES string of the molecule is CCC1CCN(C(=O)c2ccc(NC(=O)OC)cc2)CC1CC. The highest BCUT2D eigenvalue weighted by atomic mass is 16.5. The normalized spacial score (nSPS) is 20.9. The molecule has 1 aromatic rings. The van der Waals surface area contributed by atoms with Gasteiger partial charge in [-0.25, -0.2) is 4.79 Å². The molecule has 2 rings (SSSR count). The van der Waals surface area contributed by atoms with Crippen LogP contribution in [-0.4, -0.2) is 37.1 Å². The van der Waals surface area contributed by atoms with E-state index in [0.29, 0.717) is 17.2 Å². The average Bonchev–Trinajstić information content (AvgIpc) is 2.60. The van der Waals surface area contributed by atoms with E-state index in [9.17, 15) is 9.59 Å². The summed E-state index contributed by atoms with van der Waals surface area (Å²) in [6.07, 6.45) is 2.87. The molecule has 126 valence electrons. The smallest absolute Gasteiger partial charge is 0.411 e. The highest BCUT2D eigenvalue weighted by Gasteiger charge is 2.29. The fourth-order valence-corrected chi connectivity index (χ4v) is 3.31. The third-order valence-corrected chi connectivity index (χ3v) is 4.79. The van der Waals surface area contributed by atoms with Crippen LogP contribution in [0.1, 0.15) is 43.5 Å². The highest BCUT2D eigenvalue weighted by molar-refractivity contribution is 5.95. The van der Waals surface area contributed by atoms with Crippen molar-refractivity contribution in [3.05, 3.63) is 29.8 Å². The lowest BCUT2D eigenvalue weighted by molar-refractivity contribution is 0.0583. The molecule has 0 bridgehead atoms. The minimum Gasteiger partial charge on any atom is -0.453 e. The molecule has 5 nitrogen and oxygen atoms in total. The van der Waals surface area contributed by atoms with Gasteiger partial charge in [0.15, 0.2) is 0 Å². The second-order valence-corrected chi connectivity index (χ2v) is 6.07. The summed E-state index contributed by atoms with van der Waals surface area (Å²) in [6, 6.07) is 6.95. The maximum atomic E-state index is 12.7. The Balaban J connectivity index is 2.01. The van der Waals surface area contributed by atoms with E-state index < -0.39 is 6.09 Å². The van der Waals surface area contributed by atoms with Gasteiger partial charge in [0.25, 0.3) is 5.91 Å². The lowest BCUT2D eigenvalue weighted by atomic mass is 9.82. The van der Waals surface area contributed by atoms with Gasteiger partial charge in [0.05, 0.1) is 7.11 Å². The number of carbonyl (C=O) groups excluding carboxylic acids is 2. The maximum absolute atomic E-state index is 12.7. The maximum Gasteiger partial charge on any atom is 0.411 e. The second-order valence-electron chi connectivity index (χ2n) is 6.07. The summed E-state index contributed by atoms with van der Waals surface area (Å²) in [5.74, 6) is 1.40. The van der Waals surface area contributed by atoms with Gasteiger partial charge >= 0.3 is 6.09 Å². The van der Waals surface area contributed by atoms with Crippen LogP contribution in [0.15, 0.2) is 24.3 Å². The van der Waals surface area contributed by atoms with Crippen molar-refractivity contribution in [2.24, 2.45) is 11.8 Å². The Morgan fingerprint density at radius 3 is 2.39 bits per heavy atom. The van der Waals surface area contributed by atoms with Crippen molar-refractivity contribution in [1.82, 2.24) is 4.90 Å². The van der Waals surface area contributed by atoms with Crippen LogP contribution < -0.4 is 5.32 Å². The molecule has 0 aliphatic carbocycles. The van der Waals surface area contributed by atoms with Crippen molar-refractivity contribution in [2.75, 3.05) is 25.5 Å². The van der Waals surface area contributed by atoms with Gasteiger partial charge in [0.1, 0.15) is 0 Å². The number of hydrogen-bond acceptors (Lipinski definition) is 3. The van der Waals surface area contributed by atoms with Crippen LogP contribution in [-0.2, 0) is 4.74 Å². The Morgan fingerprint density at radius 1 is 1.17 bits per heavy atom. The summed E-state index contributed by atoms with van der Waals surface area (Å²) < 4.78 is 4.55. The van der Waals surface area contributed by atoms with Crippen molar-refractivity contribution >= 4 is 17.7 Å². The molecule has 1 aliphatic heterocycles. The van der Waals surface area contributed by atoms with Crippen LogP contribution in [0.4, 0.5) is 10.5 Å². The lowest BCUT2D eigenvalue weighted by Gasteiger charge is -2.38. The fourth-order valence-electron chi connectivity index (χ4n) is 3.31. The molecule has 1 N–H and O–H groups in total. The molecule has 23 heavy (non-hydrogen) atoms. The first kappa shape index (κ1) is 17.3. The van der Waals surface area contributed by atoms with Crippen LogP contribution in [0.3, 0.4) is 0 Å². The van der Waals surface area contributed by atoms with Gasteiger partial charge < -0.3 is 9.64 Å². The average molecular weight is 318 g/mol. The zero-order valence-corrected chi connectivity index (χ0v) is 14.2. The molecule has 2 amide bonds. The molecule has 0 saturated carbocycles. The number of rotatable bonds is 4. The molecule has 1 fully saturated rings. The number of carbonyl (C=O) groups is 2. The first-order valence-electron chi connectivity index (χ1n) is 8.33. The molecule has 1 saturated heterocycles. The Bertz CT molecular complexity index is 542. The number of nitrogens with one attached hydrogen (secondary N) is 1. The number of piperidine rings is 1. The molecule has 2 unspecified atom stereocenters. The second kappa shape index (κ2) is 7.99. The van der Waals surface area contributed by atoms with E-state index in [1.54, 1.807) is 24.3 Å². The van der Waals surface area contributed by atoms with E-state index in [0.717, 1.165) is 31.8 Å².